The Kier molecular flexibility index (Phi) is 4.99. The van der Waals surface area contributed by atoms with Gasteiger partial charge in [0.05, 0.1) is 17.6 Å². The minimum atomic E-state index is -0.832. The highest BCUT2D eigenvalue weighted by atomic mass is 16.5. The third-order valence-corrected chi connectivity index (χ3v) is 7.65. The van der Waals surface area contributed by atoms with Crippen LogP contribution in [0.3, 0.4) is 0 Å². The molecule has 3 aliphatic rings. The van der Waals surface area contributed by atoms with Gasteiger partial charge in [0, 0.05) is 12.3 Å². The zero-order chi connectivity index (χ0) is 20.1. The summed E-state index contributed by atoms with van der Waals surface area (Å²) >= 11 is 0. The smallest absolute Gasteiger partial charge is 0.306 e. The van der Waals surface area contributed by atoms with Crippen molar-refractivity contribution in [3.8, 4) is 0 Å². The normalized spacial score (nSPS) is 40.3. The molecule has 5 nitrogen and oxygen atoms in total. The molecule has 2 aliphatic carbocycles. The lowest BCUT2D eigenvalue weighted by molar-refractivity contribution is -0.196. The molecule has 1 N–H and O–H groups in total. The Morgan fingerprint density at radius 1 is 1.19 bits per heavy atom. The first-order valence-corrected chi connectivity index (χ1v) is 10.2. The summed E-state index contributed by atoms with van der Waals surface area (Å²) < 4.78 is 12.1. The third-order valence-electron chi connectivity index (χ3n) is 7.65. The SMILES string of the molecule is CC(=O)OCC1=CC[C@@H]2C(C)(C)CCC[C@@]2(C)[C@]12CC[C@@](C)(CC(=O)O)O2. The van der Waals surface area contributed by atoms with E-state index >= 15 is 0 Å². The average molecular weight is 379 g/mol. The first-order valence-electron chi connectivity index (χ1n) is 10.2. The fraction of sp³-hybridized carbons (Fsp3) is 0.818. The minimum absolute atomic E-state index is 0.000263. The van der Waals surface area contributed by atoms with E-state index in [-0.39, 0.29) is 29.8 Å². The summed E-state index contributed by atoms with van der Waals surface area (Å²) in [6.07, 6.45) is 8.06. The number of hydrogen-bond donors (Lipinski definition) is 1. The number of fused-ring (bicyclic) bond motifs is 2. The lowest BCUT2D eigenvalue weighted by Gasteiger charge is -2.61. The molecular weight excluding hydrogens is 344 g/mol. The van der Waals surface area contributed by atoms with E-state index in [1.54, 1.807) is 0 Å². The molecule has 0 aromatic rings. The topological polar surface area (TPSA) is 72.8 Å². The fourth-order valence-corrected chi connectivity index (χ4v) is 6.37. The number of carboxylic acid groups (broad SMARTS) is 1. The number of carbonyl (C=O) groups is 2. The van der Waals surface area contributed by atoms with Crippen LogP contribution in [0.1, 0.15) is 79.6 Å². The number of ether oxygens (including phenoxy) is 2. The molecule has 5 heteroatoms. The van der Waals surface area contributed by atoms with Gasteiger partial charge >= 0.3 is 11.9 Å². The Morgan fingerprint density at radius 2 is 1.89 bits per heavy atom. The molecule has 2 fully saturated rings. The molecule has 0 bridgehead atoms. The Balaban J connectivity index is 2.04. The van der Waals surface area contributed by atoms with E-state index in [1.165, 1.54) is 13.3 Å². The van der Waals surface area contributed by atoms with Crippen LogP contribution in [0.4, 0.5) is 0 Å². The number of allylic oxidation sites excluding steroid dienone is 1. The molecule has 1 saturated carbocycles. The maximum absolute atomic E-state index is 11.5. The summed E-state index contributed by atoms with van der Waals surface area (Å²) in [6.45, 7) is 10.6. The lowest BCUT2D eigenvalue weighted by atomic mass is 9.46. The maximum Gasteiger partial charge on any atom is 0.306 e. The van der Waals surface area contributed by atoms with Gasteiger partial charge in [-0.25, -0.2) is 0 Å². The molecule has 1 spiro atoms. The van der Waals surface area contributed by atoms with Crippen molar-refractivity contribution in [2.24, 2.45) is 16.7 Å². The van der Waals surface area contributed by atoms with Crippen LogP contribution in [0.2, 0.25) is 0 Å². The van der Waals surface area contributed by atoms with E-state index in [2.05, 4.69) is 26.8 Å². The van der Waals surface area contributed by atoms with Crippen LogP contribution >= 0.6 is 0 Å². The summed E-state index contributed by atoms with van der Waals surface area (Å²) in [7, 11) is 0. The van der Waals surface area contributed by atoms with Crippen molar-refractivity contribution in [1.29, 1.82) is 0 Å². The largest absolute Gasteiger partial charge is 0.481 e. The van der Waals surface area contributed by atoms with E-state index in [0.29, 0.717) is 12.3 Å². The zero-order valence-electron chi connectivity index (χ0n) is 17.4. The predicted molar refractivity (Wildman–Crippen MR) is 102 cm³/mol. The predicted octanol–water partition coefficient (Wildman–Crippen LogP) is 4.49. The molecule has 0 amide bonds. The molecule has 152 valence electrons. The van der Waals surface area contributed by atoms with Gasteiger partial charge in [0.15, 0.2) is 0 Å². The fourth-order valence-electron chi connectivity index (χ4n) is 6.37. The number of carbonyl (C=O) groups excluding carboxylic acids is 1. The Morgan fingerprint density at radius 3 is 2.52 bits per heavy atom. The van der Waals surface area contributed by atoms with Gasteiger partial charge in [-0.3, -0.25) is 9.59 Å². The van der Waals surface area contributed by atoms with Crippen molar-refractivity contribution in [2.75, 3.05) is 6.61 Å². The molecular formula is C22H34O5. The van der Waals surface area contributed by atoms with Crippen molar-refractivity contribution in [3.63, 3.8) is 0 Å². The standard InChI is InChI=1S/C22H34O5/c1-15(23)26-14-16-7-8-17-19(2,3)9-6-10-21(17,5)22(16)12-11-20(4,27-22)13-18(24)25/h7,17H,6,8-14H2,1-5H3,(H,24,25)/t17-,20+,21-,22+/m1/s1. The van der Waals surface area contributed by atoms with Gasteiger partial charge in [0.2, 0.25) is 0 Å². The van der Waals surface area contributed by atoms with Crippen molar-refractivity contribution in [2.45, 2.75) is 90.8 Å². The van der Waals surface area contributed by atoms with Crippen LogP contribution in [-0.2, 0) is 19.1 Å². The average Bonchev–Trinajstić information content (AvgIpc) is 2.86. The molecule has 0 aromatic carbocycles. The van der Waals surface area contributed by atoms with Gasteiger partial charge in [-0.2, -0.15) is 0 Å². The van der Waals surface area contributed by atoms with E-state index in [0.717, 1.165) is 31.3 Å². The maximum atomic E-state index is 11.5. The van der Waals surface area contributed by atoms with Crippen molar-refractivity contribution in [3.05, 3.63) is 11.6 Å². The second kappa shape index (κ2) is 6.61. The second-order valence-corrected chi connectivity index (χ2v) is 10.0. The van der Waals surface area contributed by atoms with E-state index in [4.69, 9.17) is 9.47 Å². The van der Waals surface area contributed by atoms with Crippen LogP contribution < -0.4 is 0 Å². The van der Waals surface area contributed by atoms with Crippen molar-refractivity contribution >= 4 is 11.9 Å². The van der Waals surface area contributed by atoms with Crippen molar-refractivity contribution in [1.82, 2.24) is 0 Å². The van der Waals surface area contributed by atoms with Gasteiger partial charge in [0.1, 0.15) is 6.61 Å². The van der Waals surface area contributed by atoms with Crippen LogP contribution in [0.25, 0.3) is 0 Å². The third kappa shape index (κ3) is 3.32. The number of carboxylic acids is 1. The quantitative estimate of drug-likeness (QED) is 0.576. The Hall–Kier alpha value is -1.36. The first kappa shape index (κ1) is 20.4. The molecule has 1 saturated heterocycles. The first-order chi connectivity index (χ1) is 12.4. The number of aliphatic carboxylic acids is 1. The monoisotopic (exact) mass is 378 g/mol. The van der Waals surface area contributed by atoms with Gasteiger partial charge < -0.3 is 14.6 Å². The highest BCUT2D eigenvalue weighted by Gasteiger charge is 2.65. The summed E-state index contributed by atoms with van der Waals surface area (Å²) in [4.78, 5) is 22.9. The van der Waals surface area contributed by atoms with Crippen LogP contribution in [-0.4, -0.2) is 34.9 Å². The Bertz CT molecular complexity index is 666. The number of esters is 1. The van der Waals surface area contributed by atoms with Gasteiger partial charge in [-0.1, -0.05) is 33.3 Å². The van der Waals surface area contributed by atoms with E-state index in [9.17, 15) is 14.7 Å². The molecule has 1 heterocycles. The summed E-state index contributed by atoms with van der Waals surface area (Å²) in [6, 6.07) is 0. The lowest BCUT2D eigenvalue weighted by Crippen LogP contribution is -2.60. The highest BCUT2D eigenvalue weighted by molar-refractivity contribution is 5.68. The molecule has 27 heavy (non-hydrogen) atoms. The van der Waals surface area contributed by atoms with E-state index < -0.39 is 17.2 Å². The molecule has 0 unspecified atom stereocenters. The molecule has 0 radical (unpaired) electrons. The zero-order valence-corrected chi connectivity index (χ0v) is 17.4. The Labute approximate surface area is 162 Å². The summed E-state index contributed by atoms with van der Waals surface area (Å²) in [5.41, 5.74) is -0.0855. The van der Waals surface area contributed by atoms with Gasteiger partial charge in [-0.15, -0.1) is 0 Å². The van der Waals surface area contributed by atoms with Crippen LogP contribution in [0, 0.1) is 16.7 Å². The van der Waals surface area contributed by atoms with Gasteiger partial charge in [0.25, 0.3) is 0 Å². The molecule has 3 rings (SSSR count). The molecule has 1 aliphatic heterocycles. The van der Waals surface area contributed by atoms with Gasteiger partial charge in [-0.05, 0) is 55.9 Å². The molecule has 4 atom stereocenters. The van der Waals surface area contributed by atoms with E-state index in [1.807, 2.05) is 6.92 Å². The van der Waals surface area contributed by atoms with Crippen LogP contribution in [0.15, 0.2) is 11.6 Å². The second-order valence-electron chi connectivity index (χ2n) is 10.0. The molecule has 0 aromatic heterocycles. The van der Waals surface area contributed by atoms with Crippen molar-refractivity contribution < 1.29 is 24.2 Å². The summed E-state index contributed by atoms with van der Waals surface area (Å²) in [5.74, 6) is -0.665. The minimum Gasteiger partial charge on any atom is -0.481 e. The highest BCUT2D eigenvalue weighted by Crippen LogP contribution is 2.66. The number of hydrogen-bond acceptors (Lipinski definition) is 4. The summed E-state index contributed by atoms with van der Waals surface area (Å²) in [5, 5.41) is 9.38. The number of rotatable bonds is 4. The van der Waals surface area contributed by atoms with Crippen LogP contribution in [0.5, 0.6) is 0 Å².